The third-order valence-electron chi connectivity index (χ3n) is 4.09. The van der Waals surface area contributed by atoms with E-state index in [0.717, 1.165) is 16.8 Å². The molecule has 1 aromatic heterocycles. The lowest BCUT2D eigenvalue weighted by molar-refractivity contribution is -0.116. The Balaban J connectivity index is 1.95. The van der Waals surface area contributed by atoms with Crippen LogP contribution in [0, 0.1) is 5.92 Å². The van der Waals surface area contributed by atoms with Crippen molar-refractivity contribution in [3.05, 3.63) is 72.1 Å². The number of benzene rings is 2. The van der Waals surface area contributed by atoms with Gasteiger partial charge in [0.1, 0.15) is 5.69 Å². The number of nitrogens with two attached hydrogens (primary N) is 1. The molecule has 5 nitrogen and oxygen atoms in total. The lowest BCUT2D eigenvalue weighted by Crippen LogP contribution is -2.16. The van der Waals surface area contributed by atoms with E-state index in [-0.39, 0.29) is 11.8 Å². The monoisotopic (exact) mass is 372 g/mol. The van der Waals surface area contributed by atoms with Gasteiger partial charge in [-0.15, -0.1) is 0 Å². The summed E-state index contributed by atoms with van der Waals surface area (Å²) in [6.07, 6.45) is 5.92. The molecule has 1 amide bonds. The number of amides is 1. The van der Waals surface area contributed by atoms with Gasteiger partial charge in [-0.3, -0.25) is 4.79 Å². The van der Waals surface area contributed by atoms with Crippen molar-refractivity contribution < 1.29 is 4.79 Å². The highest BCUT2D eigenvalue weighted by atomic mass is 16.1. The molecule has 0 radical (unpaired) electrons. The second-order valence-electron chi connectivity index (χ2n) is 7.00. The molecular weight excluding hydrogens is 348 g/mol. The summed E-state index contributed by atoms with van der Waals surface area (Å²) >= 11 is 0. The van der Waals surface area contributed by atoms with Crippen LogP contribution in [0.25, 0.3) is 23.4 Å². The summed E-state index contributed by atoms with van der Waals surface area (Å²) in [4.78, 5) is 21.4. The Hall–Kier alpha value is -3.47. The number of hydrogen-bond donors (Lipinski definition) is 2. The summed E-state index contributed by atoms with van der Waals surface area (Å²) in [5.74, 6) is 0.654. The van der Waals surface area contributed by atoms with Crippen LogP contribution in [0.2, 0.25) is 0 Å². The summed E-state index contributed by atoms with van der Waals surface area (Å²) in [6, 6.07) is 17.4. The minimum absolute atomic E-state index is 0.0705. The number of carbonyl (C=O) groups excluding carboxylic acids is 1. The summed E-state index contributed by atoms with van der Waals surface area (Å²) < 4.78 is 0. The second kappa shape index (κ2) is 8.95. The van der Waals surface area contributed by atoms with Gasteiger partial charge in [-0.2, -0.15) is 0 Å². The molecule has 0 bridgehead atoms. The molecule has 5 heteroatoms. The topological polar surface area (TPSA) is 80.9 Å². The number of anilines is 2. The van der Waals surface area contributed by atoms with Crippen molar-refractivity contribution in [3.8, 4) is 11.3 Å². The zero-order chi connectivity index (χ0) is 19.9. The Labute approximate surface area is 165 Å². The van der Waals surface area contributed by atoms with Crippen LogP contribution in [0.5, 0.6) is 0 Å². The van der Waals surface area contributed by atoms with Gasteiger partial charge in [0.15, 0.2) is 5.82 Å². The van der Waals surface area contributed by atoms with Gasteiger partial charge in [-0.05, 0) is 29.7 Å². The first kappa shape index (κ1) is 19.3. The van der Waals surface area contributed by atoms with Crippen molar-refractivity contribution in [1.29, 1.82) is 0 Å². The van der Waals surface area contributed by atoms with Crippen LogP contribution >= 0.6 is 0 Å². The number of nitrogens with one attached hydrogen (secondary N) is 1. The second-order valence-corrected chi connectivity index (χ2v) is 7.00. The lowest BCUT2D eigenvalue weighted by atomic mass is 10.1. The van der Waals surface area contributed by atoms with E-state index >= 15 is 0 Å². The summed E-state index contributed by atoms with van der Waals surface area (Å²) in [6.45, 7) is 4.01. The van der Waals surface area contributed by atoms with Gasteiger partial charge < -0.3 is 11.1 Å². The number of aromatic nitrogens is 2. The molecule has 3 rings (SSSR count). The molecule has 0 saturated heterocycles. The molecule has 0 aliphatic rings. The SMILES string of the molecule is CC(C)CC(=O)Nc1ncc(-c2ccc(N)cc2)nc1C=Cc1ccccc1. The van der Waals surface area contributed by atoms with Crippen LogP contribution in [0.1, 0.15) is 31.5 Å². The third-order valence-corrected chi connectivity index (χ3v) is 4.09. The van der Waals surface area contributed by atoms with Crippen LogP contribution in [0.15, 0.2) is 60.8 Å². The van der Waals surface area contributed by atoms with Crippen LogP contribution in [0.4, 0.5) is 11.5 Å². The molecular formula is C23H24N4O. The third kappa shape index (κ3) is 5.27. The van der Waals surface area contributed by atoms with Gasteiger partial charge in [0.2, 0.25) is 5.91 Å². The van der Waals surface area contributed by atoms with Crippen LogP contribution in [-0.4, -0.2) is 15.9 Å². The first-order valence-electron chi connectivity index (χ1n) is 9.27. The number of nitrogen functional groups attached to an aromatic ring is 1. The maximum atomic E-state index is 12.2. The normalized spacial score (nSPS) is 11.1. The Bertz CT molecular complexity index is 964. The van der Waals surface area contributed by atoms with E-state index in [4.69, 9.17) is 10.7 Å². The standard InChI is InChI=1S/C23H24N4O/c1-16(2)14-22(28)27-23-20(13-8-17-6-4-3-5-7-17)26-21(15-25-23)18-9-11-19(24)12-10-18/h3-13,15-16H,14,24H2,1-2H3,(H,25,27,28). The van der Waals surface area contributed by atoms with Crippen molar-refractivity contribution in [2.24, 2.45) is 5.92 Å². The molecule has 3 aromatic rings. The van der Waals surface area contributed by atoms with E-state index < -0.39 is 0 Å². The van der Waals surface area contributed by atoms with Gasteiger partial charge in [0.05, 0.1) is 11.9 Å². The Kier molecular flexibility index (Phi) is 6.17. The molecule has 0 spiro atoms. The van der Waals surface area contributed by atoms with Crippen molar-refractivity contribution in [2.45, 2.75) is 20.3 Å². The van der Waals surface area contributed by atoms with E-state index in [1.807, 2.05) is 80.6 Å². The quantitative estimate of drug-likeness (QED) is 0.604. The summed E-state index contributed by atoms with van der Waals surface area (Å²) in [7, 11) is 0. The fourth-order valence-electron chi connectivity index (χ4n) is 2.70. The van der Waals surface area contributed by atoms with Crippen molar-refractivity contribution >= 4 is 29.6 Å². The fraction of sp³-hybridized carbons (Fsp3) is 0.174. The van der Waals surface area contributed by atoms with Gasteiger partial charge in [0, 0.05) is 17.7 Å². The maximum Gasteiger partial charge on any atom is 0.225 e. The highest BCUT2D eigenvalue weighted by Crippen LogP contribution is 2.22. The van der Waals surface area contributed by atoms with Crippen molar-refractivity contribution in [2.75, 3.05) is 11.1 Å². The number of nitrogens with zero attached hydrogens (tertiary/aromatic N) is 2. The maximum absolute atomic E-state index is 12.2. The molecule has 0 aliphatic carbocycles. The van der Waals surface area contributed by atoms with Gasteiger partial charge in [-0.1, -0.05) is 62.4 Å². The average Bonchev–Trinajstić information content (AvgIpc) is 2.68. The highest BCUT2D eigenvalue weighted by Gasteiger charge is 2.11. The van der Waals surface area contributed by atoms with Crippen LogP contribution < -0.4 is 11.1 Å². The van der Waals surface area contributed by atoms with E-state index in [9.17, 15) is 4.79 Å². The fourth-order valence-corrected chi connectivity index (χ4v) is 2.70. The van der Waals surface area contributed by atoms with Gasteiger partial charge in [0.25, 0.3) is 0 Å². The molecule has 0 unspecified atom stereocenters. The molecule has 0 fully saturated rings. The molecule has 0 saturated carbocycles. The van der Waals surface area contributed by atoms with Gasteiger partial charge in [-0.25, -0.2) is 9.97 Å². The van der Waals surface area contributed by atoms with Gasteiger partial charge >= 0.3 is 0 Å². The zero-order valence-electron chi connectivity index (χ0n) is 16.1. The number of carbonyl (C=O) groups is 1. The predicted octanol–water partition coefficient (Wildman–Crippen LogP) is 4.88. The summed E-state index contributed by atoms with van der Waals surface area (Å²) in [5.41, 5.74) is 9.74. The highest BCUT2D eigenvalue weighted by molar-refractivity contribution is 5.92. The van der Waals surface area contributed by atoms with Crippen LogP contribution in [-0.2, 0) is 4.79 Å². The number of rotatable bonds is 6. The number of hydrogen-bond acceptors (Lipinski definition) is 4. The molecule has 142 valence electrons. The van der Waals surface area contributed by atoms with E-state index in [0.29, 0.717) is 23.6 Å². The zero-order valence-corrected chi connectivity index (χ0v) is 16.1. The Morgan fingerprint density at radius 2 is 1.79 bits per heavy atom. The molecule has 1 heterocycles. The largest absolute Gasteiger partial charge is 0.399 e. The first-order valence-corrected chi connectivity index (χ1v) is 9.27. The van der Waals surface area contributed by atoms with E-state index in [1.165, 1.54) is 0 Å². The minimum Gasteiger partial charge on any atom is -0.399 e. The molecule has 3 N–H and O–H groups in total. The Morgan fingerprint density at radius 3 is 2.46 bits per heavy atom. The summed E-state index contributed by atoms with van der Waals surface area (Å²) in [5, 5.41) is 2.88. The smallest absolute Gasteiger partial charge is 0.225 e. The van der Waals surface area contributed by atoms with Crippen LogP contribution in [0.3, 0.4) is 0 Å². The molecule has 0 atom stereocenters. The van der Waals surface area contributed by atoms with E-state index in [1.54, 1.807) is 6.20 Å². The lowest BCUT2D eigenvalue weighted by Gasteiger charge is -2.10. The molecule has 28 heavy (non-hydrogen) atoms. The average molecular weight is 372 g/mol. The van der Waals surface area contributed by atoms with E-state index in [2.05, 4.69) is 10.3 Å². The van der Waals surface area contributed by atoms with Crippen molar-refractivity contribution in [1.82, 2.24) is 9.97 Å². The Morgan fingerprint density at radius 1 is 1.07 bits per heavy atom. The van der Waals surface area contributed by atoms with Crippen molar-refractivity contribution in [3.63, 3.8) is 0 Å². The molecule has 2 aromatic carbocycles. The molecule has 0 aliphatic heterocycles. The predicted molar refractivity (Wildman–Crippen MR) is 115 cm³/mol. The first-order chi connectivity index (χ1) is 13.5. The minimum atomic E-state index is -0.0705.